The third kappa shape index (κ3) is 7.28. The summed E-state index contributed by atoms with van der Waals surface area (Å²) in [5.41, 5.74) is 0. The zero-order valence-electron chi connectivity index (χ0n) is 16.9. The monoisotopic (exact) mass is 373 g/mol. The van der Waals surface area contributed by atoms with Crippen molar-refractivity contribution in [1.82, 2.24) is 29.9 Å². The summed E-state index contributed by atoms with van der Waals surface area (Å²) >= 11 is 0. The van der Waals surface area contributed by atoms with Gasteiger partial charge in [-0.1, -0.05) is 26.7 Å². The van der Waals surface area contributed by atoms with E-state index in [0.29, 0.717) is 30.8 Å². The molecular weight excluding hydrogens is 342 g/mol. The van der Waals surface area contributed by atoms with E-state index in [1.165, 1.54) is 6.33 Å². The zero-order chi connectivity index (χ0) is 19.5. The first-order valence-corrected chi connectivity index (χ1v) is 9.73. The normalized spacial score (nSPS) is 10.7. The highest BCUT2D eigenvalue weighted by atomic mass is 15.3. The number of aryl methyl sites for hydroxylation is 2. The standard InChI is InChI=1S/C18H31N9/c1-5-7-11-27(12-8-6-2)18-25-15(4)24-17(26-18)20-10-9-19-16-22-13-21-14(3)23-16/h13H,5-12H2,1-4H3,(H,19,21,22,23)(H,20,24,25,26). The highest BCUT2D eigenvalue weighted by molar-refractivity contribution is 5.37. The highest BCUT2D eigenvalue weighted by Gasteiger charge is 2.11. The second-order valence-corrected chi connectivity index (χ2v) is 6.41. The maximum absolute atomic E-state index is 4.62. The number of rotatable bonds is 12. The van der Waals surface area contributed by atoms with Crippen LogP contribution in [0.4, 0.5) is 17.8 Å². The first-order chi connectivity index (χ1) is 13.1. The Morgan fingerprint density at radius 1 is 0.778 bits per heavy atom. The van der Waals surface area contributed by atoms with E-state index in [0.717, 1.165) is 50.5 Å². The number of nitrogens with one attached hydrogen (secondary N) is 2. The molecule has 2 aromatic rings. The van der Waals surface area contributed by atoms with Crippen molar-refractivity contribution in [3.63, 3.8) is 0 Å². The van der Waals surface area contributed by atoms with Crippen molar-refractivity contribution in [2.75, 3.05) is 41.7 Å². The first-order valence-electron chi connectivity index (χ1n) is 9.73. The van der Waals surface area contributed by atoms with Gasteiger partial charge in [-0.3, -0.25) is 0 Å². The van der Waals surface area contributed by atoms with Crippen LogP contribution in [0.2, 0.25) is 0 Å². The predicted octanol–water partition coefficient (Wildman–Crippen LogP) is 2.60. The zero-order valence-corrected chi connectivity index (χ0v) is 16.9. The SMILES string of the molecule is CCCCN(CCCC)c1nc(C)nc(NCCNc2ncnc(C)n2)n1. The molecule has 0 aliphatic heterocycles. The Bertz CT molecular complexity index is 684. The van der Waals surface area contributed by atoms with Crippen molar-refractivity contribution < 1.29 is 0 Å². The molecule has 0 fully saturated rings. The number of unbranched alkanes of at least 4 members (excludes halogenated alkanes) is 2. The molecule has 0 bridgehead atoms. The summed E-state index contributed by atoms with van der Waals surface area (Å²) in [6.07, 6.45) is 6.07. The fourth-order valence-electron chi connectivity index (χ4n) is 2.51. The minimum absolute atomic E-state index is 0.571. The van der Waals surface area contributed by atoms with E-state index in [9.17, 15) is 0 Å². The molecule has 0 aliphatic carbocycles. The van der Waals surface area contributed by atoms with E-state index in [1.807, 2.05) is 13.8 Å². The molecule has 0 spiro atoms. The maximum atomic E-state index is 4.62. The predicted molar refractivity (Wildman–Crippen MR) is 108 cm³/mol. The van der Waals surface area contributed by atoms with Gasteiger partial charge in [0.15, 0.2) is 0 Å². The summed E-state index contributed by atoms with van der Waals surface area (Å²) in [5, 5.41) is 6.41. The van der Waals surface area contributed by atoms with Gasteiger partial charge in [-0.05, 0) is 26.7 Å². The van der Waals surface area contributed by atoms with Crippen molar-refractivity contribution in [2.24, 2.45) is 0 Å². The topological polar surface area (TPSA) is 105 Å². The van der Waals surface area contributed by atoms with Gasteiger partial charge in [0.1, 0.15) is 18.0 Å². The number of anilines is 3. The number of nitrogens with zero attached hydrogens (tertiary/aromatic N) is 7. The molecule has 27 heavy (non-hydrogen) atoms. The van der Waals surface area contributed by atoms with E-state index in [-0.39, 0.29) is 0 Å². The number of hydrogen-bond donors (Lipinski definition) is 2. The summed E-state index contributed by atoms with van der Waals surface area (Å²) in [7, 11) is 0. The highest BCUT2D eigenvalue weighted by Crippen LogP contribution is 2.13. The van der Waals surface area contributed by atoms with Gasteiger partial charge in [0.05, 0.1) is 0 Å². The Balaban J connectivity index is 1.94. The van der Waals surface area contributed by atoms with Crippen LogP contribution in [0.3, 0.4) is 0 Å². The molecule has 0 saturated heterocycles. The summed E-state index contributed by atoms with van der Waals surface area (Å²) in [6, 6.07) is 0. The first kappa shape index (κ1) is 20.7. The number of hydrogen-bond acceptors (Lipinski definition) is 9. The molecule has 0 aliphatic rings. The van der Waals surface area contributed by atoms with Crippen LogP contribution in [0.5, 0.6) is 0 Å². The molecule has 2 N–H and O–H groups in total. The molecule has 0 saturated carbocycles. The van der Waals surface area contributed by atoms with E-state index in [1.54, 1.807) is 0 Å². The minimum atomic E-state index is 0.571. The van der Waals surface area contributed by atoms with E-state index < -0.39 is 0 Å². The van der Waals surface area contributed by atoms with Crippen molar-refractivity contribution in [2.45, 2.75) is 53.4 Å². The van der Waals surface area contributed by atoms with Gasteiger partial charge in [0.25, 0.3) is 0 Å². The minimum Gasteiger partial charge on any atom is -0.352 e. The lowest BCUT2D eigenvalue weighted by atomic mass is 10.3. The van der Waals surface area contributed by atoms with E-state index in [2.05, 4.69) is 59.3 Å². The quantitative estimate of drug-likeness (QED) is 0.543. The van der Waals surface area contributed by atoms with Crippen LogP contribution in [0.25, 0.3) is 0 Å². The van der Waals surface area contributed by atoms with Crippen molar-refractivity contribution in [3.05, 3.63) is 18.0 Å². The lowest BCUT2D eigenvalue weighted by Gasteiger charge is -2.22. The fourth-order valence-corrected chi connectivity index (χ4v) is 2.51. The molecule has 9 heteroatoms. The molecule has 0 atom stereocenters. The van der Waals surface area contributed by atoms with Crippen molar-refractivity contribution in [3.8, 4) is 0 Å². The third-order valence-electron chi connectivity index (χ3n) is 3.96. The van der Waals surface area contributed by atoms with Gasteiger partial charge in [-0.2, -0.15) is 19.9 Å². The number of aromatic nitrogens is 6. The van der Waals surface area contributed by atoms with Gasteiger partial charge in [0.2, 0.25) is 17.8 Å². The summed E-state index contributed by atoms with van der Waals surface area (Å²) < 4.78 is 0. The van der Waals surface area contributed by atoms with Gasteiger partial charge >= 0.3 is 0 Å². The van der Waals surface area contributed by atoms with Crippen LogP contribution in [-0.4, -0.2) is 56.1 Å². The molecule has 2 heterocycles. The Morgan fingerprint density at radius 2 is 1.41 bits per heavy atom. The summed E-state index contributed by atoms with van der Waals surface area (Å²) in [5.74, 6) is 3.35. The van der Waals surface area contributed by atoms with Crippen LogP contribution in [0.1, 0.15) is 51.2 Å². The molecule has 0 aromatic carbocycles. The lowest BCUT2D eigenvalue weighted by molar-refractivity contribution is 0.659. The Kier molecular flexibility index (Phi) is 8.60. The molecule has 0 radical (unpaired) electrons. The average Bonchev–Trinajstić information content (AvgIpc) is 2.65. The molecule has 0 unspecified atom stereocenters. The van der Waals surface area contributed by atoms with E-state index >= 15 is 0 Å². The second-order valence-electron chi connectivity index (χ2n) is 6.41. The summed E-state index contributed by atoms with van der Waals surface area (Å²) in [6.45, 7) is 11.4. The smallest absolute Gasteiger partial charge is 0.230 e. The average molecular weight is 374 g/mol. The van der Waals surface area contributed by atoms with Crippen LogP contribution < -0.4 is 15.5 Å². The molecule has 2 rings (SSSR count). The van der Waals surface area contributed by atoms with Crippen molar-refractivity contribution in [1.29, 1.82) is 0 Å². The molecule has 9 nitrogen and oxygen atoms in total. The fraction of sp³-hybridized carbons (Fsp3) is 0.667. The molecular formula is C18H31N9. The largest absolute Gasteiger partial charge is 0.352 e. The summed E-state index contributed by atoms with van der Waals surface area (Å²) in [4.78, 5) is 28.1. The lowest BCUT2D eigenvalue weighted by Crippen LogP contribution is -2.28. The molecule has 0 amide bonds. The van der Waals surface area contributed by atoms with Crippen LogP contribution in [-0.2, 0) is 0 Å². The third-order valence-corrected chi connectivity index (χ3v) is 3.96. The Hall–Kier alpha value is -2.58. The van der Waals surface area contributed by atoms with Gasteiger partial charge < -0.3 is 15.5 Å². The molecule has 2 aromatic heterocycles. The van der Waals surface area contributed by atoms with Gasteiger partial charge in [0, 0.05) is 26.2 Å². The van der Waals surface area contributed by atoms with Crippen LogP contribution >= 0.6 is 0 Å². The second kappa shape index (κ2) is 11.2. The van der Waals surface area contributed by atoms with E-state index in [4.69, 9.17) is 0 Å². The van der Waals surface area contributed by atoms with Gasteiger partial charge in [-0.25, -0.2) is 9.97 Å². The van der Waals surface area contributed by atoms with Crippen LogP contribution in [0.15, 0.2) is 6.33 Å². The maximum Gasteiger partial charge on any atom is 0.230 e. The van der Waals surface area contributed by atoms with Gasteiger partial charge in [-0.15, -0.1) is 0 Å². The van der Waals surface area contributed by atoms with Crippen LogP contribution in [0, 0.1) is 13.8 Å². The Labute approximate surface area is 161 Å². The van der Waals surface area contributed by atoms with Crippen molar-refractivity contribution >= 4 is 17.8 Å². The Morgan fingerprint density at radius 3 is 2.04 bits per heavy atom. The molecule has 148 valence electrons.